The number of fused-ring (bicyclic) bond motifs is 1. The van der Waals surface area contributed by atoms with Gasteiger partial charge in [0.05, 0.1) is 6.26 Å². The summed E-state index contributed by atoms with van der Waals surface area (Å²) in [5, 5.41) is 20.4. The number of unbranched alkanes of at least 4 members (excludes halogenated alkanes) is 6. The monoisotopic (exact) mass is 404 g/mol. The van der Waals surface area contributed by atoms with E-state index in [0.29, 0.717) is 17.8 Å². The lowest BCUT2D eigenvalue weighted by Crippen LogP contribution is -2.50. The van der Waals surface area contributed by atoms with E-state index in [0.717, 1.165) is 19.3 Å². The predicted octanol–water partition coefficient (Wildman–Crippen LogP) is 4.24. The fourth-order valence-corrected chi connectivity index (χ4v) is 3.99. The number of carboxylic acids is 1. The van der Waals surface area contributed by atoms with Crippen molar-refractivity contribution >= 4 is 17.5 Å². The number of carbonyl (C=O) groups excluding carboxylic acids is 2. The van der Waals surface area contributed by atoms with E-state index in [1.165, 1.54) is 44.9 Å². The molecule has 0 spiro atoms. The van der Waals surface area contributed by atoms with Crippen LogP contribution in [-0.4, -0.2) is 33.3 Å². The number of carboxylic acid groups (broad SMARTS) is 1. The molecule has 0 radical (unpaired) electrons. The Labute approximate surface area is 172 Å². The molecule has 2 aliphatic rings. The van der Waals surface area contributed by atoms with Crippen LogP contribution in [0.25, 0.3) is 0 Å². The molecule has 1 heterocycles. The maximum Gasteiger partial charge on any atom is 0.340 e. The Morgan fingerprint density at radius 3 is 2.38 bits per heavy atom. The number of hydrogen-bond acceptors (Lipinski definition) is 5. The van der Waals surface area contributed by atoms with E-state index < -0.39 is 28.8 Å². The average Bonchev–Trinajstić information content (AvgIpc) is 2.65. The van der Waals surface area contributed by atoms with E-state index in [-0.39, 0.29) is 17.8 Å². The summed E-state index contributed by atoms with van der Waals surface area (Å²) in [4.78, 5) is 36.9. The fraction of sp³-hybridized carbons (Fsp3) is 0.609. The van der Waals surface area contributed by atoms with E-state index in [9.17, 15) is 24.6 Å². The van der Waals surface area contributed by atoms with Gasteiger partial charge in [-0.2, -0.15) is 0 Å². The van der Waals surface area contributed by atoms with Crippen LogP contribution in [-0.2, 0) is 19.1 Å². The van der Waals surface area contributed by atoms with Crippen molar-refractivity contribution < 1.29 is 29.3 Å². The van der Waals surface area contributed by atoms with Crippen molar-refractivity contribution in [2.45, 2.75) is 84.2 Å². The van der Waals surface area contributed by atoms with Crippen LogP contribution in [0, 0.1) is 5.92 Å². The SMILES string of the molecule is CCCCCCCCCC(=O)CC1C2=COC(C)=CC2=C(C(=O)O)C(=O)C1(C)O. The summed E-state index contributed by atoms with van der Waals surface area (Å²) in [7, 11) is 0. The van der Waals surface area contributed by atoms with Crippen molar-refractivity contribution in [2.75, 3.05) is 0 Å². The van der Waals surface area contributed by atoms with Crippen molar-refractivity contribution in [1.29, 1.82) is 0 Å². The maximum atomic E-state index is 12.7. The standard InChI is InChI=1S/C23H32O6/c1-4-5-6-7-8-9-10-11-16(24)13-19-18-14-29-15(2)12-17(18)20(22(26)27)21(25)23(19,3)28/h12,14,19,28H,4-11,13H2,1-3H3,(H,26,27). The lowest BCUT2D eigenvalue weighted by Gasteiger charge is -2.39. The second kappa shape index (κ2) is 10.0. The summed E-state index contributed by atoms with van der Waals surface area (Å²) in [6, 6.07) is 0. The molecule has 160 valence electrons. The normalized spacial score (nSPS) is 23.9. The second-order valence-electron chi connectivity index (χ2n) is 8.18. The second-order valence-corrected chi connectivity index (χ2v) is 8.18. The van der Waals surface area contributed by atoms with E-state index in [1.54, 1.807) is 6.92 Å². The van der Waals surface area contributed by atoms with Crippen molar-refractivity contribution in [1.82, 2.24) is 0 Å². The number of carbonyl (C=O) groups is 3. The quantitative estimate of drug-likeness (QED) is 0.395. The van der Waals surface area contributed by atoms with Crippen LogP contribution >= 0.6 is 0 Å². The molecule has 2 N–H and O–H groups in total. The highest BCUT2D eigenvalue weighted by Crippen LogP contribution is 2.43. The van der Waals surface area contributed by atoms with Crippen molar-refractivity contribution in [2.24, 2.45) is 5.92 Å². The van der Waals surface area contributed by atoms with Gasteiger partial charge in [0.2, 0.25) is 5.78 Å². The molecule has 2 unspecified atom stereocenters. The number of rotatable bonds is 11. The molecule has 6 nitrogen and oxygen atoms in total. The van der Waals surface area contributed by atoms with Crippen LogP contribution in [0.2, 0.25) is 0 Å². The average molecular weight is 405 g/mol. The van der Waals surface area contributed by atoms with Crippen LogP contribution < -0.4 is 0 Å². The van der Waals surface area contributed by atoms with Crippen LogP contribution in [0.15, 0.2) is 34.8 Å². The Morgan fingerprint density at radius 2 is 1.76 bits per heavy atom. The van der Waals surface area contributed by atoms with Gasteiger partial charge in [-0.05, 0) is 26.3 Å². The van der Waals surface area contributed by atoms with Crippen LogP contribution in [0.3, 0.4) is 0 Å². The van der Waals surface area contributed by atoms with Crippen molar-refractivity contribution in [3.05, 3.63) is 34.8 Å². The Kier molecular flexibility index (Phi) is 7.96. The molecule has 0 aromatic carbocycles. The molecule has 0 saturated carbocycles. The first-order valence-electron chi connectivity index (χ1n) is 10.5. The highest BCUT2D eigenvalue weighted by Gasteiger charge is 2.51. The first-order valence-corrected chi connectivity index (χ1v) is 10.5. The first-order chi connectivity index (χ1) is 13.7. The van der Waals surface area contributed by atoms with Crippen molar-refractivity contribution in [3.63, 3.8) is 0 Å². The van der Waals surface area contributed by atoms with Gasteiger partial charge in [0.25, 0.3) is 0 Å². The van der Waals surface area contributed by atoms with Gasteiger partial charge in [0, 0.05) is 29.9 Å². The Bertz CT molecular complexity index is 753. The minimum Gasteiger partial charge on any atom is -0.478 e. The molecule has 0 bridgehead atoms. The number of ether oxygens (including phenoxy) is 1. The Hall–Kier alpha value is -2.21. The van der Waals surface area contributed by atoms with Gasteiger partial charge in [-0.25, -0.2) is 4.79 Å². The smallest absolute Gasteiger partial charge is 0.340 e. The Morgan fingerprint density at radius 1 is 1.14 bits per heavy atom. The fourth-order valence-electron chi connectivity index (χ4n) is 3.99. The number of aliphatic hydroxyl groups is 1. The topological polar surface area (TPSA) is 101 Å². The molecule has 2 atom stereocenters. The number of Topliss-reactive ketones (excluding diaryl/α,β-unsaturated/α-hetero) is 2. The van der Waals surface area contributed by atoms with Crippen LogP contribution in [0.4, 0.5) is 0 Å². The van der Waals surface area contributed by atoms with Gasteiger partial charge >= 0.3 is 5.97 Å². The summed E-state index contributed by atoms with van der Waals surface area (Å²) in [5.74, 6) is -2.67. The van der Waals surface area contributed by atoms with E-state index in [2.05, 4.69) is 6.92 Å². The van der Waals surface area contributed by atoms with Gasteiger partial charge in [-0.1, -0.05) is 45.4 Å². The lowest BCUT2D eigenvalue weighted by molar-refractivity contribution is -0.143. The van der Waals surface area contributed by atoms with Crippen LogP contribution in [0.1, 0.15) is 78.6 Å². The summed E-state index contributed by atoms with van der Waals surface area (Å²) >= 11 is 0. The van der Waals surface area contributed by atoms with Gasteiger partial charge in [0.15, 0.2) is 0 Å². The lowest BCUT2D eigenvalue weighted by atomic mass is 9.67. The summed E-state index contributed by atoms with van der Waals surface area (Å²) in [6.45, 7) is 5.11. The zero-order valence-electron chi connectivity index (χ0n) is 17.6. The van der Waals surface area contributed by atoms with Crippen molar-refractivity contribution in [3.8, 4) is 0 Å². The molecule has 0 fully saturated rings. The third kappa shape index (κ3) is 5.44. The largest absolute Gasteiger partial charge is 0.478 e. The van der Waals surface area contributed by atoms with E-state index in [1.807, 2.05) is 0 Å². The Balaban J connectivity index is 2.08. The van der Waals surface area contributed by atoms with E-state index in [4.69, 9.17) is 4.74 Å². The molecule has 0 aromatic heterocycles. The zero-order chi connectivity index (χ0) is 21.6. The molecule has 1 aliphatic heterocycles. The number of ketones is 2. The van der Waals surface area contributed by atoms with Gasteiger partial charge < -0.3 is 14.9 Å². The van der Waals surface area contributed by atoms with E-state index >= 15 is 0 Å². The predicted molar refractivity (Wildman–Crippen MR) is 109 cm³/mol. The molecule has 2 rings (SSSR count). The highest BCUT2D eigenvalue weighted by atomic mass is 16.5. The van der Waals surface area contributed by atoms with Gasteiger partial charge in [-0.15, -0.1) is 0 Å². The third-order valence-corrected chi connectivity index (χ3v) is 5.75. The molecule has 6 heteroatoms. The molecule has 0 aromatic rings. The summed E-state index contributed by atoms with van der Waals surface area (Å²) in [5.41, 5.74) is -1.81. The molecular formula is C23H32O6. The summed E-state index contributed by atoms with van der Waals surface area (Å²) < 4.78 is 5.40. The molecule has 1 aliphatic carbocycles. The number of aliphatic carboxylic acids is 1. The highest BCUT2D eigenvalue weighted by molar-refractivity contribution is 6.22. The number of hydrogen-bond donors (Lipinski definition) is 2. The first kappa shape index (κ1) is 23.1. The maximum absolute atomic E-state index is 12.7. The summed E-state index contributed by atoms with van der Waals surface area (Å²) in [6.07, 6.45) is 10.9. The van der Waals surface area contributed by atoms with Crippen LogP contribution in [0.5, 0.6) is 0 Å². The molecule has 0 saturated heterocycles. The third-order valence-electron chi connectivity index (χ3n) is 5.75. The molecule has 29 heavy (non-hydrogen) atoms. The van der Waals surface area contributed by atoms with Gasteiger partial charge in [-0.3, -0.25) is 9.59 Å². The molecule has 0 amide bonds. The van der Waals surface area contributed by atoms with Gasteiger partial charge in [0.1, 0.15) is 22.7 Å². The minimum atomic E-state index is -1.97. The molecular weight excluding hydrogens is 372 g/mol. The zero-order valence-corrected chi connectivity index (χ0v) is 17.6. The minimum absolute atomic E-state index is 0.0208. The number of allylic oxidation sites excluding steroid dienone is 3.